The molecule has 4 aliphatic rings. The summed E-state index contributed by atoms with van der Waals surface area (Å²) in [4.78, 5) is 3.32. The summed E-state index contributed by atoms with van der Waals surface area (Å²) in [5.74, 6) is 9.07. The molecule has 348 valence electrons. The molecule has 12 nitrogen and oxygen atoms in total. The first-order chi connectivity index (χ1) is 32.7. The highest BCUT2D eigenvalue weighted by molar-refractivity contribution is 5.85. The summed E-state index contributed by atoms with van der Waals surface area (Å²) in [5, 5.41) is 55.1. The lowest BCUT2D eigenvalue weighted by Gasteiger charge is -2.49. The van der Waals surface area contributed by atoms with Crippen LogP contribution in [0.15, 0.2) is 91.1 Å². The van der Waals surface area contributed by atoms with Crippen LogP contribution in [0.1, 0.15) is 76.3 Å². The van der Waals surface area contributed by atoms with Crippen molar-refractivity contribution in [2.75, 3.05) is 40.2 Å². The maximum atomic E-state index is 11.8. The minimum Gasteiger partial charge on any atom is -0.508 e. The summed E-state index contributed by atoms with van der Waals surface area (Å²) in [6.07, 6.45) is 4.84. The van der Waals surface area contributed by atoms with Crippen molar-refractivity contribution in [3.63, 3.8) is 0 Å². The van der Waals surface area contributed by atoms with Gasteiger partial charge in [-0.2, -0.15) is 0 Å². The average molecular weight is 905 g/mol. The number of aromatic nitrogens is 1. The molecule has 12 heteroatoms. The van der Waals surface area contributed by atoms with Crippen LogP contribution in [-0.4, -0.2) is 89.5 Å². The Morgan fingerprint density at radius 1 is 0.940 bits per heavy atom. The number of benzene rings is 5. The summed E-state index contributed by atoms with van der Waals surface area (Å²) < 4.78 is 28.1. The molecule has 0 saturated carbocycles. The molecule has 0 amide bonds. The van der Waals surface area contributed by atoms with Gasteiger partial charge < -0.3 is 49.7 Å². The molecule has 0 spiro atoms. The number of ether oxygens (including phenoxy) is 4. The fourth-order valence-electron chi connectivity index (χ4n) is 10.7. The highest BCUT2D eigenvalue weighted by Gasteiger charge is 2.54. The van der Waals surface area contributed by atoms with Crippen molar-refractivity contribution < 1.29 is 39.4 Å². The van der Waals surface area contributed by atoms with Crippen molar-refractivity contribution in [3.05, 3.63) is 136 Å². The van der Waals surface area contributed by atoms with E-state index in [9.17, 15) is 20.4 Å². The average Bonchev–Trinajstić information content (AvgIpc) is 3.81. The molecule has 8 N–H and O–H groups in total. The molecule has 0 fully saturated rings. The van der Waals surface area contributed by atoms with E-state index in [0.717, 1.165) is 73.1 Å². The number of aromatic hydroxyl groups is 2. The quantitative estimate of drug-likeness (QED) is 0.0326. The Bertz CT molecular complexity index is 2810. The number of nitrogens with one attached hydrogen (secondary N) is 4. The van der Waals surface area contributed by atoms with Crippen LogP contribution in [0.25, 0.3) is 22.0 Å². The zero-order valence-corrected chi connectivity index (χ0v) is 38.2. The topological polar surface area (TPSA) is 170 Å². The largest absolute Gasteiger partial charge is 0.508 e. The number of hydrogen-bond acceptors (Lipinski definition) is 11. The van der Waals surface area contributed by atoms with Crippen molar-refractivity contribution in [2.24, 2.45) is 0 Å². The first-order valence-electron chi connectivity index (χ1n) is 23.7. The molecule has 0 radical (unpaired) electrons. The van der Waals surface area contributed by atoms with Crippen molar-refractivity contribution in [3.8, 4) is 51.7 Å². The Balaban J connectivity index is 1.18. The van der Waals surface area contributed by atoms with Gasteiger partial charge in [-0.05, 0) is 145 Å². The Morgan fingerprint density at radius 2 is 1.82 bits per heavy atom. The van der Waals surface area contributed by atoms with Crippen LogP contribution in [0.3, 0.4) is 0 Å². The zero-order chi connectivity index (χ0) is 46.1. The highest BCUT2D eigenvalue weighted by Crippen LogP contribution is 2.58. The SMILES string of the molecule is CNCO[C@]12Cc3c4c(c5c(c3O[C@@H]1c1cc(CCc3ccccc3)c(O)c(c1)OCCC#C[C@@H]2NCNC[C@H](C)O)CC[C@H](CO)O5)-c1ccc(O)cc1[C@@H](Cc1ccc2[nH]ccc2c1)C4. The number of aliphatic hydroxyl groups is 2. The molecule has 4 heterocycles. The van der Waals surface area contributed by atoms with E-state index in [1.165, 1.54) is 5.56 Å². The second-order valence-corrected chi connectivity index (χ2v) is 18.5. The van der Waals surface area contributed by atoms with Crippen LogP contribution in [0, 0.1) is 11.8 Å². The molecule has 2 bridgehead atoms. The number of aryl methyl sites for hydroxylation is 2. The minimum absolute atomic E-state index is 0.0211. The molecule has 3 aliphatic heterocycles. The predicted molar refractivity (Wildman–Crippen MR) is 258 cm³/mol. The van der Waals surface area contributed by atoms with Gasteiger partial charge in [0.25, 0.3) is 0 Å². The molecule has 1 aliphatic carbocycles. The molecule has 1 aromatic heterocycles. The van der Waals surface area contributed by atoms with Gasteiger partial charge in [0.05, 0.1) is 26.0 Å². The first kappa shape index (κ1) is 44.8. The van der Waals surface area contributed by atoms with Crippen LogP contribution >= 0.6 is 0 Å². The molecule has 67 heavy (non-hydrogen) atoms. The fraction of sp³-hybridized carbons (Fsp3) is 0.382. The van der Waals surface area contributed by atoms with Gasteiger partial charge in [-0.3, -0.25) is 10.6 Å². The van der Waals surface area contributed by atoms with E-state index in [1.807, 2.05) is 55.7 Å². The first-order valence-corrected chi connectivity index (χ1v) is 23.7. The van der Waals surface area contributed by atoms with Gasteiger partial charge in [-0.15, -0.1) is 0 Å². The van der Waals surface area contributed by atoms with E-state index in [-0.39, 0.29) is 37.4 Å². The smallest absolute Gasteiger partial charge is 0.161 e. The summed E-state index contributed by atoms with van der Waals surface area (Å²) in [7, 11) is 1.86. The number of phenols is 2. The Kier molecular flexibility index (Phi) is 12.9. The maximum Gasteiger partial charge on any atom is 0.161 e. The lowest BCUT2D eigenvalue weighted by molar-refractivity contribution is -0.141. The van der Waals surface area contributed by atoms with E-state index >= 15 is 0 Å². The van der Waals surface area contributed by atoms with Gasteiger partial charge in [0, 0.05) is 54.5 Å². The molecular formula is C55H60N4O8. The number of aromatic amines is 1. The van der Waals surface area contributed by atoms with Gasteiger partial charge in [-0.1, -0.05) is 54.3 Å². The third-order valence-electron chi connectivity index (χ3n) is 13.9. The minimum atomic E-state index is -1.18. The van der Waals surface area contributed by atoms with Crippen LogP contribution in [0.5, 0.6) is 28.7 Å². The van der Waals surface area contributed by atoms with Crippen molar-refractivity contribution in [2.45, 2.75) is 94.2 Å². The molecule has 10 rings (SSSR count). The summed E-state index contributed by atoms with van der Waals surface area (Å²) in [5.41, 5.74) is 9.75. The molecule has 6 atom stereocenters. The normalized spacial score (nSPS) is 21.9. The molecule has 0 saturated heterocycles. The summed E-state index contributed by atoms with van der Waals surface area (Å²) >= 11 is 0. The fourth-order valence-corrected chi connectivity index (χ4v) is 10.7. The molecular weight excluding hydrogens is 845 g/mol. The lowest BCUT2D eigenvalue weighted by Crippen LogP contribution is -2.62. The number of aliphatic hydroxyl groups excluding tert-OH is 2. The van der Waals surface area contributed by atoms with Crippen molar-refractivity contribution >= 4 is 10.9 Å². The van der Waals surface area contributed by atoms with E-state index in [0.29, 0.717) is 69.7 Å². The number of fused-ring (bicyclic) bond motifs is 13. The molecule has 5 aromatic carbocycles. The van der Waals surface area contributed by atoms with Gasteiger partial charge >= 0.3 is 0 Å². The Labute approximate surface area is 391 Å². The van der Waals surface area contributed by atoms with Gasteiger partial charge in [0.1, 0.15) is 35.0 Å². The molecule has 0 unspecified atom stereocenters. The Hall–Kier alpha value is -6.04. The highest BCUT2D eigenvalue weighted by atomic mass is 16.6. The van der Waals surface area contributed by atoms with E-state index in [2.05, 4.69) is 69.2 Å². The third-order valence-corrected chi connectivity index (χ3v) is 13.9. The van der Waals surface area contributed by atoms with E-state index < -0.39 is 30.0 Å². The zero-order valence-electron chi connectivity index (χ0n) is 38.2. The number of rotatable bonds is 14. The molecule has 6 aromatic rings. The van der Waals surface area contributed by atoms with Crippen molar-refractivity contribution in [1.82, 2.24) is 20.9 Å². The number of H-pyrrole nitrogens is 1. The van der Waals surface area contributed by atoms with E-state index in [1.54, 1.807) is 13.0 Å². The van der Waals surface area contributed by atoms with Crippen LogP contribution in [-0.2, 0) is 43.3 Å². The van der Waals surface area contributed by atoms with Crippen LogP contribution in [0.4, 0.5) is 0 Å². The standard InChI is InChI=1S/C55H60N4O8/c1-33(61)29-57-31-59-49-10-6-7-21-64-48-26-39(24-37(51(48)63)13-11-34-8-4-3-5-9-34)54-55(49,65-32-56-2)28-46-45-25-38(23-35-12-18-47-36(22-35)19-20-58-47)44-27-40(62)14-16-42(44)50(45)53-43(52(46)67-54)17-15-41(30-60)66-53/h3-5,8-9,12,14,16,18-20,22,24,26-27,33,38,41,49,54,56-63H,7,11,13,15,17,21,23,25,28-32H2,1-2H3/t33-,38-,41+,49-,54+,55-/m0/s1. The van der Waals surface area contributed by atoms with Crippen LogP contribution < -0.4 is 30.2 Å². The van der Waals surface area contributed by atoms with E-state index in [4.69, 9.17) is 18.9 Å². The van der Waals surface area contributed by atoms with Gasteiger partial charge in [0.2, 0.25) is 0 Å². The van der Waals surface area contributed by atoms with Gasteiger partial charge in [-0.25, -0.2) is 0 Å². The third kappa shape index (κ3) is 8.84. The lowest BCUT2D eigenvalue weighted by atomic mass is 9.69. The van der Waals surface area contributed by atoms with Gasteiger partial charge in [0.15, 0.2) is 17.6 Å². The second kappa shape index (κ2) is 19.3. The predicted octanol–water partition coefficient (Wildman–Crippen LogP) is 6.88. The maximum absolute atomic E-state index is 11.8. The van der Waals surface area contributed by atoms with Crippen molar-refractivity contribution in [1.29, 1.82) is 0 Å². The number of phenolic OH excluding ortho intramolecular Hbond substituents is 2. The van der Waals surface area contributed by atoms with Crippen LogP contribution in [0.2, 0.25) is 0 Å². The second-order valence-electron chi connectivity index (χ2n) is 18.5. The number of hydrogen-bond donors (Lipinski definition) is 8. The monoisotopic (exact) mass is 904 g/mol. The summed E-state index contributed by atoms with van der Waals surface area (Å²) in [6.45, 7) is 2.78. The summed E-state index contributed by atoms with van der Waals surface area (Å²) in [6, 6.07) is 27.9. The Morgan fingerprint density at radius 3 is 2.66 bits per heavy atom.